The Labute approximate surface area is 181 Å². The molecule has 2 aromatic carbocycles. The van der Waals surface area contributed by atoms with Gasteiger partial charge in [0.15, 0.2) is 0 Å². The summed E-state index contributed by atoms with van der Waals surface area (Å²) in [5.74, 6) is 0.812. The molecule has 1 saturated heterocycles. The average molecular weight is 412 g/mol. The predicted octanol–water partition coefficient (Wildman–Crippen LogP) is 4.11. The van der Waals surface area contributed by atoms with Crippen LogP contribution in [0.15, 0.2) is 54.6 Å². The number of rotatable bonds is 3. The molecule has 5 nitrogen and oxygen atoms in total. The maximum Gasteiger partial charge on any atom is 0.255 e. The zero-order chi connectivity index (χ0) is 21.4. The van der Waals surface area contributed by atoms with Crippen molar-refractivity contribution < 1.29 is 14.4 Å². The molecule has 0 radical (unpaired) electrons. The Morgan fingerprint density at radius 3 is 2.10 bits per heavy atom. The van der Waals surface area contributed by atoms with Crippen molar-refractivity contribution in [1.29, 1.82) is 0 Å². The lowest BCUT2D eigenvalue weighted by Gasteiger charge is -2.37. The minimum absolute atomic E-state index is 0.0767. The van der Waals surface area contributed by atoms with Crippen LogP contribution in [0, 0.1) is 49.4 Å². The van der Waals surface area contributed by atoms with Gasteiger partial charge in [-0.1, -0.05) is 29.8 Å². The van der Waals surface area contributed by atoms with Crippen LogP contribution in [0.1, 0.15) is 27.9 Å². The molecule has 1 heterocycles. The van der Waals surface area contributed by atoms with Crippen LogP contribution >= 0.6 is 0 Å². The summed E-state index contributed by atoms with van der Waals surface area (Å²) in [7, 11) is 0. The molecule has 1 N–H and O–H groups in total. The highest BCUT2D eigenvalue weighted by atomic mass is 16.2. The molecule has 2 aromatic rings. The number of amides is 3. The Hall–Kier alpha value is -3.21. The summed E-state index contributed by atoms with van der Waals surface area (Å²) < 4.78 is 0. The van der Waals surface area contributed by atoms with Gasteiger partial charge >= 0.3 is 0 Å². The van der Waals surface area contributed by atoms with Gasteiger partial charge in [-0.3, -0.25) is 19.3 Å². The van der Waals surface area contributed by atoms with Crippen LogP contribution < -0.4 is 10.2 Å². The Bertz CT molecular complexity index is 1130. The van der Waals surface area contributed by atoms with Crippen LogP contribution in [0.3, 0.4) is 0 Å². The van der Waals surface area contributed by atoms with E-state index in [-0.39, 0.29) is 41.4 Å². The second kappa shape index (κ2) is 6.39. The van der Waals surface area contributed by atoms with Gasteiger partial charge in [0.25, 0.3) is 5.91 Å². The number of nitrogens with one attached hydrogen (secondary N) is 1. The standard InChI is InChI=1S/C26H24N2O3/c1-13-3-10-21(14(2)11-13)27-24(29)15-4-6-16(7-5-15)28-25(30)22-17-8-9-18(20-12-19(17)20)23(22)26(28)31/h3-11,17-20,22-23H,12H2,1-2H3,(H,27,29)/t17-,18+,19-,20-,22+,23-/m1/s1. The molecule has 6 atom stereocenters. The van der Waals surface area contributed by atoms with Gasteiger partial charge in [-0.2, -0.15) is 0 Å². The molecule has 5 aliphatic rings. The monoisotopic (exact) mass is 412 g/mol. The number of hydrogen-bond donors (Lipinski definition) is 1. The van der Waals surface area contributed by atoms with Crippen molar-refractivity contribution in [2.24, 2.45) is 35.5 Å². The lowest BCUT2D eigenvalue weighted by molar-refractivity contribution is -0.124. The molecule has 3 fully saturated rings. The van der Waals surface area contributed by atoms with E-state index in [1.807, 2.05) is 32.0 Å². The lowest BCUT2D eigenvalue weighted by atomic mass is 9.63. The fraction of sp³-hybridized carbons (Fsp3) is 0.346. The fourth-order valence-corrected chi connectivity index (χ4v) is 6.12. The Balaban J connectivity index is 1.23. The van der Waals surface area contributed by atoms with E-state index in [4.69, 9.17) is 0 Å². The highest BCUT2D eigenvalue weighted by Crippen LogP contribution is 2.65. The van der Waals surface area contributed by atoms with Crippen molar-refractivity contribution in [1.82, 2.24) is 0 Å². The summed E-state index contributed by atoms with van der Waals surface area (Å²) in [4.78, 5) is 40.5. The van der Waals surface area contributed by atoms with E-state index in [1.165, 1.54) is 4.90 Å². The third-order valence-corrected chi connectivity index (χ3v) is 7.68. The second-order valence-corrected chi connectivity index (χ2v) is 9.49. The van der Waals surface area contributed by atoms with Crippen LogP contribution in [-0.4, -0.2) is 17.7 Å². The number of anilines is 2. The highest BCUT2D eigenvalue weighted by Gasteiger charge is 2.67. The Morgan fingerprint density at radius 1 is 0.903 bits per heavy atom. The molecule has 2 bridgehead atoms. The first kappa shape index (κ1) is 18.6. The van der Waals surface area contributed by atoms with Crippen molar-refractivity contribution >= 4 is 29.1 Å². The zero-order valence-corrected chi connectivity index (χ0v) is 17.5. The van der Waals surface area contributed by atoms with E-state index < -0.39 is 0 Å². The molecule has 4 aliphatic carbocycles. The van der Waals surface area contributed by atoms with E-state index in [9.17, 15) is 14.4 Å². The van der Waals surface area contributed by atoms with Gasteiger partial charge in [-0.15, -0.1) is 0 Å². The Morgan fingerprint density at radius 2 is 1.52 bits per heavy atom. The summed E-state index contributed by atoms with van der Waals surface area (Å²) in [6, 6.07) is 12.7. The minimum Gasteiger partial charge on any atom is -0.322 e. The maximum atomic E-state index is 13.2. The molecule has 156 valence electrons. The topological polar surface area (TPSA) is 66.5 Å². The first-order valence-corrected chi connectivity index (χ1v) is 11.0. The molecule has 3 amide bonds. The molecule has 0 aromatic heterocycles. The van der Waals surface area contributed by atoms with Gasteiger partial charge < -0.3 is 5.32 Å². The van der Waals surface area contributed by atoms with E-state index >= 15 is 0 Å². The molecule has 7 rings (SSSR count). The zero-order valence-electron chi connectivity index (χ0n) is 17.5. The average Bonchev–Trinajstić information content (AvgIpc) is 3.54. The molecule has 0 unspecified atom stereocenters. The van der Waals surface area contributed by atoms with Gasteiger partial charge in [0.2, 0.25) is 11.8 Å². The third kappa shape index (κ3) is 2.65. The van der Waals surface area contributed by atoms with Crippen LogP contribution in [0.4, 0.5) is 11.4 Å². The summed E-state index contributed by atoms with van der Waals surface area (Å²) in [5.41, 5.74) is 3.96. The number of carbonyl (C=O) groups excluding carboxylic acids is 3. The molecule has 31 heavy (non-hydrogen) atoms. The largest absolute Gasteiger partial charge is 0.322 e. The molecular formula is C26H24N2O3. The van der Waals surface area contributed by atoms with Gasteiger partial charge in [0, 0.05) is 11.3 Å². The van der Waals surface area contributed by atoms with E-state index in [2.05, 4.69) is 17.5 Å². The quantitative estimate of drug-likeness (QED) is 0.609. The van der Waals surface area contributed by atoms with Crippen molar-refractivity contribution in [3.8, 4) is 0 Å². The normalized spacial score (nSPS) is 32.1. The van der Waals surface area contributed by atoms with E-state index in [0.29, 0.717) is 23.1 Å². The van der Waals surface area contributed by atoms with Crippen LogP contribution in [0.2, 0.25) is 0 Å². The number of benzene rings is 2. The summed E-state index contributed by atoms with van der Waals surface area (Å²) in [6.45, 7) is 3.97. The van der Waals surface area contributed by atoms with E-state index in [1.54, 1.807) is 24.3 Å². The highest BCUT2D eigenvalue weighted by molar-refractivity contribution is 6.22. The first-order valence-electron chi connectivity index (χ1n) is 11.0. The van der Waals surface area contributed by atoms with Crippen molar-refractivity contribution in [2.75, 3.05) is 10.2 Å². The van der Waals surface area contributed by atoms with Crippen molar-refractivity contribution in [3.05, 3.63) is 71.3 Å². The number of aryl methyl sites for hydroxylation is 2. The van der Waals surface area contributed by atoms with Crippen LogP contribution in [0.5, 0.6) is 0 Å². The smallest absolute Gasteiger partial charge is 0.255 e. The van der Waals surface area contributed by atoms with Gasteiger partial charge in [0.1, 0.15) is 0 Å². The molecule has 2 saturated carbocycles. The number of hydrogen-bond acceptors (Lipinski definition) is 3. The number of allylic oxidation sites excluding steroid dienone is 2. The fourth-order valence-electron chi connectivity index (χ4n) is 6.12. The van der Waals surface area contributed by atoms with Crippen LogP contribution in [0.25, 0.3) is 0 Å². The number of nitrogens with zero attached hydrogens (tertiary/aromatic N) is 1. The lowest BCUT2D eigenvalue weighted by Crippen LogP contribution is -2.40. The summed E-state index contributed by atoms with van der Waals surface area (Å²) in [6.07, 6.45) is 5.50. The molecule has 1 aliphatic heterocycles. The van der Waals surface area contributed by atoms with Gasteiger partial charge in [-0.25, -0.2) is 0 Å². The second-order valence-electron chi connectivity index (χ2n) is 9.49. The number of carbonyl (C=O) groups is 3. The molecular weight excluding hydrogens is 388 g/mol. The Kier molecular flexibility index (Phi) is 3.83. The number of imide groups is 1. The SMILES string of the molecule is Cc1ccc(NC(=O)c2ccc(N3C(=O)[C@@H]4[C@H]5C=C[C@H]([C@H]6C[C@H]56)[C@@H]4C3=O)cc2)c(C)c1. The van der Waals surface area contributed by atoms with Crippen molar-refractivity contribution in [2.45, 2.75) is 20.3 Å². The van der Waals surface area contributed by atoms with Crippen molar-refractivity contribution in [3.63, 3.8) is 0 Å². The molecule has 0 spiro atoms. The molecule has 5 heteroatoms. The van der Waals surface area contributed by atoms with Crippen LogP contribution in [-0.2, 0) is 9.59 Å². The first-order chi connectivity index (χ1) is 14.9. The van der Waals surface area contributed by atoms with Gasteiger partial charge in [0.05, 0.1) is 17.5 Å². The summed E-state index contributed by atoms with van der Waals surface area (Å²) in [5, 5.41) is 2.94. The minimum atomic E-state index is -0.214. The summed E-state index contributed by atoms with van der Waals surface area (Å²) >= 11 is 0. The third-order valence-electron chi connectivity index (χ3n) is 7.68. The predicted molar refractivity (Wildman–Crippen MR) is 118 cm³/mol. The van der Waals surface area contributed by atoms with Gasteiger partial charge in [-0.05, 0) is 79.8 Å². The van der Waals surface area contributed by atoms with E-state index in [0.717, 1.165) is 23.2 Å². The maximum absolute atomic E-state index is 13.2.